The van der Waals surface area contributed by atoms with Crippen LogP contribution in [-0.4, -0.2) is 37.2 Å². The highest BCUT2D eigenvalue weighted by Crippen LogP contribution is 2.11. The molecule has 63 heavy (non-hydrogen) atoms. The van der Waals surface area contributed by atoms with Crippen molar-refractivity contribution in [2.24, 2.45) is 0 Å². The first-order valence-electron chi connectivity index (χ1n) is 24.7. The topological polar surface area (TPSA) is 78.9 Å². The molecule has 0 heterocycles. The fourth-order valence-corrected chi connectivity index (χ4v) is 6.05. The standard InChI is InChI=1S/C57H88O6/c1-4-7-10-13-16-19-22-25-26-27-28-29-30-33-35-38-41-44-47-50-56(59)62-53-54(63-57(60)51-48-45-42-39-36-32-24-21-18-15-12-9-6-3)52-61-55(58)49-46-43-40-37-34-31-23-20-17-14-11-8-5-2/h7-12,16-21,25-26,28-29,31-32,34,36,42,45,54H,4-6,13-15,22-24,27,30,33,35,37-41,43-44,46-53H2,1-3H3/b10-7-,11-8-,12-9-,19-16-,20-17-,21-18-,26-25-,29-28-,34-31-,36-32-,45-42-. The highest BCUT2D eigenvalue weighted by molar-refractivity contribution is 5.71. The van der Waals surface area contributed by atoms with Gasteiger partial charge in [0.1, 0.15) is 13.2 Å². The third-order valence-corrected chi connectivity index (χ3v) is 9.64. The average molecular weight is 869 g/mol. The molecule has 1 atom stereocenters. The Morgan fingerprint density at radius 2 is 0.603 bits per heavy atom. The van der Waals surface area contributed by atoms with Crippen LogP contribution in [0.3, 0.4) is 0 Å². The second kappa shape index (κ2) is 50.2. The molecule has 0 rings (SSSR count). The van der Waals surface area contributed by atoms with Crippen molar-refractivity contribution in [3.8, 4) is 0 Å². The zero-order chi connectivity index (χ0) is 45.8. The molecule has 6 heteroatoms. The Hall–Kier alpha value is -4.45. The van der Waals surface area contributed by atoms with Crippen LogP contribution < -0.4 is 0 Å². The van der Waals surface area contributed by atoms with Crippen molar-refractivity contribution >= 4 is 17.9 Å². The van der Waals surface area contributed by atoms with E-state index < -0.39 is 12.1 Å². The van der Waals surface area contributed by atoms with Gasteiger partial charge in [0.25, 0.3) is 0 Å². The molecular weight excluding hydrogens is 781 g/mol. The number of esters is 3. The molecule has 0 radical (unpaired) electrons. The number of hydrogen-bond acceptors (Lipinski definition) is 6. The third-order valence-electron chi connectivity index (χ3n) is 9.64. The molecule has 0 saturated heterocycles. The minimum Gasteiger partial charge on any atom is -0.462 e. The number of rotatable bonds is 42. The predicted molar refractivity (Wildman–Crippen MR) is 269 cm³/mol. The fraction of sp³-hybridized carbons (Fsp3) is 0.561. The van der Waals surface area contributed by atoms with Crippen molar-refractivity contribution in [1.29, 1.82) is 0 Å². The van der Waals surface area contributed by atoms with Gasteiger partial charge in [0.15, 0.2) is 6.10 Å². The number of carbonyl (C=O) groups is 3. The lowest BCUT2D eigenvalue weighted by atomic mass is 10.1. The molecule has 6 nitrogen and oxygen atoms in total. The molecule has 0 aliphatic carbocycles. The highest BCUT2D eigenvalue weighted by atomic mass is 16.6. The van der Waals surface area contributed by atoms with Crippen molar-refractivity contribution in [2.75, 3.05) is 13.2 Å². The first-order valence-corrected chi connectivity index (χ1v) is 24.7. The average Bonchev–Trinajstić information content (AvgIpc) is 3.28. The van der Waals surface area contributed by atoms with E-state index in [1.807, 2.05) is 12.2 Å². The molecule has 0 amide bonds. The van der Waals surface area contributed by atoms with Crippen LogP contribution in [0.2, 0.25) is 0 Å². The molecule has 0 bridgehead atoms. The monoisotopic (exact) mass is 869 g/mol. The first-order chi connectivity index (χ1) is 31.0. The summed E-state index contributed by atoms with van der Waals surface area (Å²) in [6.45, 7) is 6.16. The second-order valence-corrected chi connectivity index (χ2v) is 15.6. The van der Waals surface area contributed by atoms with Gasteiger partial charge >= 0.3 is 17.9 Å². The Labute approximate surface area is 385 Å². The maximum atomic E-state index is 12.7. The SMILES string of the molecule is CC/C=C\C/C=C\C/C=C\C/C=C\CCCCCCCCC(=O)OCC(COC(=O)CCCCC/C=C\C/C=C\C/C=C\CC)OC(=O)CC/C=C\C/C=C\C/C=C\C/C=C\CC. The van der Waals surface area contributed by atoms with Gasteiger partial charge in [0.2, 0.25) is 0 Å². The Morgan fingerprint density at radius 1 is 0.317 bits per heavy atom. The molecule has 0 aromatic rings. The Morgan fingerprint density at radius 3 is 0.968 bits per heavy atom. The Kier molecular flexibility index (Phi) is 46.7. The normalized spacial score (nSPS) is 13.3. The summed E-state index contributed by atoms with van der Waals surface area (Å²) in [6, 6.07) is 0. The molecule has 0 aliphatic rings. The maximum Gasteiger partial charge on any atom is 0.306 e. The minimum absolute atomic E-state index is 0.129. The molecule has 1 unspecified atom stereocenters. The van der Waals surface area contributed by atoms with E-state index in [0.717, 1.165) is 128 Å². The minimum atomic E-state index is -0.838. The van der Waals surface area contributed by atoms with Gasteiger partial charge in [-0.2, -0.15) is 0 Å². The van der Waals surface area contributed by atoms with Crippen LogP contribution in [0, 0.1) is 0 Å². The summed E-state index contributed by atoms with van der Waals surface area (Å²) in [4.78, 5) is 37.9. The smallest absolute Gasteiger partial charge is 0.306 e. The summed E-state index contributed by atoms with van der Waals surface area (Å²) in [6.07, 6.45) is 70.2. The molecule has 0 fully saturated rings. The van der Waals surface area contributed by atoms with E-state index in [9.17, 15) is 14.4 Å². The van der Waals surface area contributed by atoms with Gasteiger partial charge in [-0.1, -0.05) is 187 Å². The van der Waals surface area contributed by atoms with Crippen molar-refractivity contribution in [3.05, 3.63) is 134 Å². The van der Waals surface area contributed by atoms with Crippen molar-refractivity contribution in [2.45, 2.75) is 194 Å². The molecule has 352 valence electrons. The van der Waals surface area contributed by atoms with Crippen LogP contribution >= 0.6 is 0 Å². The van der Waals surface area contributed by atoms with Crippen LogP contribution in [0.4, 0.5) is 0 Å². The zero-order valence-electron chi connectivity index (χ0n) is 40.0. The van der Waals surface area contributed by atoms with Crippen LogP contribution in [-0.2, 0) is 28.6 Å². The molecule has 0 N–H and O–H groups in total. The summed E-state index contributed by atoms with van der Waals surface area (Å²) in [5, 5.41) is 0. The van der Waals surface area contributed by atoms with E-state index >= 15 is 0 Å². The lowest BCUT2D eigenvalue weighted by Crippen LogP contribution is -2.30. The van der Waals surface area contributed by atoms with Gasteiger partial charge in [0, 0.05) is 19.3 Å². The van der Waals surface area contributed by atoms with Gasteiger partial charge < -0.3 is 14.2 Å². The number of unbranched alkanes of at least 4 members (excludes halogenated alkanes) is 9. The summed E-state index contributed by atoms with van der Waals surface area (Å²) in [5.41, 5.74) is 0. The van der Waals surface area contributed by atoms with E-state index in [1.54, 1.807) is 0 Å². The molecule has 0 saturated carbocycles. The highest BCUT2D eigenvalue weighted by Gasteiger charge is 2.19. The summed E-state index contributed by atoms with van der Waals surface area (Å²) in [7, 11) is 0. The molecule has 0 aromatic carbocycles. The van der Waals surface area contributed by atoms with Gasteiger partial charge in [-0.15, -0.1) is 0 Å². The number of allylic oxidation sites excluding steroid dienone is 22. The Bertz CT molecular complexity index is 1420. The first kappa shape index (κ1) is 58.6. The van der Waals surface area contributed by atoms with Gasteiger partial charge in [-0.05, 0) is 116 Å². The van der Waals surface area contributed by atoms with Gasteiger partial charge in [-0.3, -0.25) is 14.4 Å². The quantitative estimate of drug-likeness (QED) is 0.0263. The predicted octanol–water partition coefficient (Wildman–Crippen LogP) is 16.3. The van der Waals surface area contributed by atoms with Crippen molar-refractivity contribution < 1.29 is 28.6 Å². The van der Waals surface area contributed by atoms with E-state index in [4.69, 9.17) is 14.2 Å². The summed E-state index contributed by atoms with van der Waals surface area (Å²) >= 11 is 0. The summed E-state index contributed by atoms with van der Waals surface area (Å²) < 4.78 is 16.6. The van der Waals surface area contributed by atoms with E-state index in [1.165, 1.54) is 12.8 Å². The molecule has 0 aromatic heterocycles. The van der Waals surface area contributed by atoms with Crippen LogP contribution in [0.5, 0.6) is 0 Å². The van der Waals surface area contributed by atoms with Gasteiger partial charge in [0.05, 0.1) is 0 Å². The van der Waals surface area contributed by atoms with Crippen molar-refractivity contribution in [1.82, 2.24) is 0 Å². The number of carbonyl (C=O) groups excluding carboxylic acids is 3. The largest absolute Gasteiger partial charge is 0.462 e. The van der Waals surface area contributed by atoms with Crippen molar-refractivity contribution in [3.63, 3.8) is 0 Å². The number of ether oxygens (including phenoxy) is 3. The van der Waals surface area contributed by atoms with Crippen LogP contribution in [0.25, 0.3) is 0 Å². The van der Waals surface area contributed by atoms with Crippen LogP contribution in [0.1, 0.15) is 188 Å². The van der Waals surface area contributed by atoms with E-state index in [2.05, 4.69) is 142 Å². The molecule has 0 aliphatic heterocycles. The summed E-state index contributed by atoms with van der Waals surface area (Å²) in [5.74, 6) is -1.07. The number of hydrogen-bond donors (Lipinski definition) is 0. The lowest BCUT2D eigenvalue weighted by Gasteiger charge is -2.18. The maximum absolute atomic E-state index is 12.7. The van der Waals surface area contributed by atoms with Gasteiger partial charge in [-0.25, -0.2) is 0 Å². The molecular formula is C57H88O6. The Balaban J connectivity index is 4.53. The van der Waals surface area contributed by atoms with E-state index in [0.29, 0.717) is 19.3 Å². The fourth-order valence-electron chi connectivity index (χ4n) is 6.05. The lowest BCUT2D eigenvalue weighted by molar-refractivity contribution is -0.166. The van der Waals surface area contributed by atoms with E-state index in [-0.39, 0.29) is 31.6 Å². The zero-order valence-corrected chi connectivity index (χ0v) is 40.0. The second-order valence-electron chi connectivity index (χ2n) is 15.6. The van der Waals surface area contributed by atoms with Crippen LogP contribution in [0.15, 0.2) is 134 Å². The third kappa shape index (κ3) is 48.4. The molecule has 0 spiro atoms.